The van der Waals surface area contributed by atoms with Gasteiger partial charge in [0, 0.05) is 25.9 Å². The molecule has 0 fully saturated rings. The quantitative estimate of drug-likeness (QED) is 0.389. The van der Waals surface area contributed by atoms with Gasteiger partial charge < -0.3 is 10.6 Å². The molecule has 0 amide bonds. The lowest BCUT2D eigenvalue weighted by molar-refractivity contribution is 0.598. The van der Waals surface area contributed by atoms with Crippen LogP contribution in [0.25, 0.3) is 0 Å². The third-order valence-electron chi connectivity index (χ3n) is 1.82. The van der Waals surface area contributed by atoms with Crippen molar-refractivity contribution in [1.82, 2.24) is 10.6 Å². The smallest absolute Gasteiger partial charge is 0.191 e. The van der Waals surface area contributed by atoms with Crippen LogP contribution in [0.5, 0.6) is 0 Å². The van der Waals surface area contributed by atoms with Crippen LogP contribution in [0.4, 0.5) is 0 Å². The number of nitrogens with one attached hydrogen (secondary N) is 2. The standard InChI is InChI=1S/C10H23N3O2S/c1-4-7-12-10(11-5-2)13-8-6-9-16(3,14)15/h4-9H2,1-3H3,(H2,11,12,13). The van der Waals surface area contributed by atoms with Gasteiger partial charge in [-0.15, -0.1) is 0 Å². The van der Waals surface area contributed by atoms with Crippen molar-refractivity contribution < 1.29 is 8.42 Å². The van der Waals surface area contributed by atoms with Crippen LogP contribution < -0.4 is 10.6 Å². The molecule has 0 unspecified atom stereocenters. The molecule has 0 aliphatic heterocycles. The minimum Gasteiger partial charge on any atom is -0.357 e. The zero-order valence-electron chi connectivity index (χ0n) is 10.4. The Morgan fingerprint density at radius 3 is 2.44 bits per heavy atom. The number of rotatable bonds is 7. The highest BCUT2D eigenvalue weighted by Crippen LogP contribution is 1.87. The van der Waals surface area contributed by atoms with E-state index in [2.05, 4.69) is 22.5 Å². The number of guanidine groups is 1. The average Bonchev–Trinajstić information content (AvgIpc) is 2.19. The number of hydrogen-bond donors (Lipinski definition) is 2. The van der Waals surface area contributed by atoms with E-state index in [-0.39, 0.29) is 5.75 Å². The van der Waals surface area contributed by atoms with Gasteiger partial charge in [-0.25, -0.2) is 8.42 Å². The summed E-state index contributed by atoms with van der Waals surface area (Å²) in [5.74, 6) is 0.977. The van der Waals surface area contributed by atoms with E-state index in [4.69, 9.17) is 0 Å². The lowest BCUT2D eigenvalue weighted by atomic mass is 10.5. The van der Waals surface area contributed by atoms with Crippen LogP contribution >= 0.6 is 0 Å². The summed E-state index contributed by atoms with van der Waals surface area (Å²) in [7, 11) is -2.85. The van der Waals surface area contributed by atoms with Crippen LogP contribution in [0.3, 0.4) is 0 Å². The van der Waals surface area contributed by atoms with Crippen LogP contribution in [0.2, 0.25) is 0 Å². The first-order valence-corrected chi connectivity index (χ1v) is 7.75. The summed E-state index contributed by atoms with van der Waals surface area (Å²) in [6.45, 7) is 6.28. The highest BCUT2D eigenvalue weighted by molar-refractivity contribution is 7.90. The third kappa shape index (κ3) is 9.76. The van der Waals surface area contributed by atoms with Gasteiger partial charge in [-0.2, -0.15) is 0 Å². The predicted molar refractivity (Wildman–Crippen MR) is 68.6 cm³/mol. The van der Waals surface area contributed by atoms with Crippen molar-refractivity contribution in [2.45, 2.75) is 26.7 Å². The van der Waals surface area contributed by atoms with Gasteiger partial charge in [0.2, 0.25) is 0 Å². The molecule has 0 spiro atoms. The fourth-order valence-electron chi connectivity index (χ4n) is 1.11. The van der Waals surface area contributed by atoms with Gasteiger partial charge in [-0.05, 0) is 19.8 Å². The summed E-state index contributed by atoms with van der Waals surface area (Å²) < 4.78 is 21.8. The minimum atomic E-state index is -2.85. The molecule has 2 N–H and O–H groups in total. The molecule has 6 heteroatoms. The van der Waals surface area contributed by atoms with Crippen molar-refractivity contribution >= 4 is 15.8 Å². The molecule has 0 radical (unpaired) electrons. The van der Waals surface area contributed by atoms with E-state index in [1.54, 1.807) is 0 Å². The van der Waals surface area contributed by atoms with E-state index in [0.29, 0.717) is 13.0 Å². The first-order chi connectivity index (χ1) is 7.49. The largest absolute Gasteiger partial charge is 0.357 e. The van der Waals surface area contributed by atoms with Crippen molar-refractivity contribution in [3.05, 3.63) is 0 Å². The molecule has 0 saturated carbocycles. The molecule has 0 rings (SSSR count). The highest BCUT2D eigenvalue weighted by atomic mass is 32.2. The van der Waals surface area contributed by atoms with Crippen molar-refractivity contribution in [2.75, 3.05) is 31.6 Å². The number of nitrogens with zero attached hydrogens (tertiary/aromatic N) is 1. The molecule has 0 aliphatic carbocycles. The van der Waals surface area contributed by atoms with E-state index in [1.807, 2.05) is 6.92 Å². The first kappa shape index (κ1) is 15.2. The third-order valence-corrected chi connectivity index (χ3v) is 2.85. The highest BCUT2D eigenvalue weighted by Gasteiger charge is 2.01. The first-order valence-electron chi connectivity index (χ1n) is 5.69. The molecule has 0 atom stereocenters. The van der Waals surface area contributed by atoms with E-state index in [0.717, 1.165) is 25.5 Å². The van der Waals surface area contributed by atoms with Crippen LogP contribution in [0.15, 0.2) is 4.99 Å². The van der Waals surface area contributed by atoms with Crippen molar-refractivity contribution in [3.8, 4) is 0 Å². The van der Waals surface area contributed by atoms with Gasteiger partial charge in [0.1, 0.15) is 9.84 Å². The predicted octanol–water partition coefficient (Wildman–Crippen LogP) is 0.386. The molecule has 96 valence electrons. The minimum absolute atomic E-state index is 0.215. The Morgan fingerprint density at radius 1 is 1.25 bits per heavy atom. The topological polar surface area (TPSA) is 70.6 Å². The van der Waals surface area contributed by atoms with E-state index in [1.165, 1.54) is 6.26 Å². The molecule has 0 heterocycles. The number of hydrogen-bond acceptors (Lipinski definition) is 3. The normalized spacial score (nSPS) is 12.6. The van der Waals surface area contributed by atoms with Crippen molar-refractivity contribution in [2.24, 2.45) is 4.99 Å². The van der Waals surface area contributed by atoms with Gasteiger partial charge in [0.15, 0.2) is 5.96 Å². The summed E-state index contributed by atoms with van der Waals surface area (Å²) in [5.41, 5.74) is 0. The molecular formula is C10H23N3O2S. The molecule has 0 aromatic heterocycles. The number of sulfone groups is 1. The molecule has 0 bridgehead atoms. The Hall–Kier alpha value is -0.780. The average molecular weight is 249 g/mol. The van der Waals surface area contributed by atoms with Gasteiger partial charge in [0.05, 0.1) is 5.75 Å². The summed E-state index contributed by atoms with van der Waals surface area (Å²) >= 11 is 0. The Balaban J connectivity index is 3.84. The molecule has 0 aliphatic rings. The maximum Gasteiger partial charge on any atom is 0.191 e. The second-order valence-corrected chi connectivity index (χ2v) is 5.93. The van der Waals surface area contributed by atoms with Gasteiger partial charge in [0.25, 0.3) is 0 Å². The van der Waals surface area contributed by atoms with Gasteiger partial charge in [-0.1, -0.05) is 6.92 Å². The second kappa shape index (κ2) is 8.38. The van der Waals surface area contributed by atoms with Crippen LogP contribution in [-0.4, -0.2) is 46.0 Å². The zero-order valence-corrected chi connectivity index (χ0v) is 11.2. The Kier molecular flexibility index (Phi) is 7.97. The molecule has 5 nitrogen and oxygen atoms in total. The Labute approximate surface area is 98.6 Å². The summed E-state index contributed by atoms with van der Waals surface area (Å²) in [6, 6.07) is 0. The van der Waals surface area contributed by atoms with Crippen LogP contribution in [0, 0.1) is 0 Å². The van der Waals surface area contributed by atoms with Crippen molar-refractivity contribution in [1.29, 1.82) is 0 Å². The summed E-state index contributed by atoms with van der Waals surface area (Å²) in [5, 5.41) is 6.21. The van der Waals surface area contributed by atoms with Crippen molar-refractivity contribution in [3.63, 3.8) is 0 Å². The lowest BCUT2D eigenvalue weighted by Crippen LogP contribution is -2.38. The van der Waals surface area contributed by atoms with E-state index in [9.17, 15) is 8.42 Å². The Bertz CT molecular complexity index is 299. The molecular weight excluding hydrogens is 226 g/mol. The summed E-state index contributed by atoms with van der Waals surface area (Å²) in [6.07, 6.45) is 2.86. The zero-order chi connectivity index (χ0) is 12.4. The fraction of sp³-hybridized carbons (Fsp3) is 0.900. The maximum atomic E-state index is 10.9. The van der Waals surface area contributed by atoms with E-state index < -0.39 is 9.84 Å². The van der Waals surface area contributed by atoms with Crippen LogP contribution in [-0.2, 0) is 9.84 Å². The number of aliphatic imine (C=N–C) groups is 1. The monoisotopic (exact) mass is 249 g/mol. The maximum absolute atomic E-state index is 10.9. The fourth-order valence-corrected chi connectivity index (χ4v) is 1.78. The SMILES string of the molecule is CCCN=C(NCC)NCCCS(C)(=O)=O. The molecule has 16 heavy (non-hydrogen) atoms. The van der Waals surface area contributed by atoms with Gasteiger partial charge in [-0.3, -0.25) is 4.99 Å². The second-order valence-electron chi connectivity index (χ2n) is 3.67. The van der Waals surface area contributed by atoms with Gasteiger partial charge >= 0.3 is 0 Å². The summed E-state index contributed by atoms with van der Waals surface area (Å²) in [4.78, 5) is 4.31. The molecule has 0 aromatic rings. The lowest BCUT2D eigenvalue weighted by Gasteiger charge is -2.10. The van der Waals surface area contributed by atoms with Crippen LogP contribution in [0.1, 0.15) is 26.7 Å². The Morgan fingerprint density at radius 2 is 1.94 bits per heavy atom. The molecule has 0 saturated heterocycles. The van der Waals surface area contributed by atoms with E-state index >= 15 is 0 Å². The molecule has 0 aromatic carbocycles.